The molecule has 0 aliphatic carbocycles. The van der Waals surface area contributed by atoms with E-state index in [2.05, 4.69) is 10.4 Å². The van der Waals surface area contributed by atoms with Crippen LogP contribution in [0.3, 0.4) is 0 Å². The van der Waals surface area contributed by atoms with Gasteiger partial charge in [-0.15, -0.1) is 0 Å². The Kier molecular flexibility index (Phi) is 11.1. The largest absolute Gasteiger partial charge is 0.497 e. The summed E-state index contributed by atoms with van der Waals surface area (Å²) in [7, 11) is 4.78. The van der Waals surface area contributed by atoms with E-state index >= 15 is 0 Å². The summed E-state index contributed by atoms with van der Waals surface area (Å²) in [4.78, 5) is 11.7. The number of hydrogen-bond donors (Lipinski definition) is 3. The SMILES string of the molecule is CN[C@@H](C)[C@@H](O)c1ccccc1.COc1ccc(-n2nc(CCC(=O)N(C)O)cc2-c2ccc(Cl)cc2)cc1. The molecule has 1 heterocycles. The third kappa shape index (κ3) is 8.40. The van der Waals surface area contributed by atoms with Crippen molar-refractivity contribution in [3.63, 3.8) is 0 Å². The van der Waals surface area contributed by atoms with Gasteiger partial charge in [0.25, 0.3) is 0 Å². The standard InChI is InChI=1S/C20H20ClN3O3.C10H15NO/c1-23(26)20(25)12-7-16-13-19(14-3-5-15(21)6-4-14)24(22-16)17-8-10-18(27-2)11-9-17;1-8(11-2)10(12)9-6-4-3-5-7-9/h3-6,8-11,13,26H,7,12H2,1-2H3;3-8,10-12H,1-2H3/t;8-,10+/m.0/s1. The number of ether oxygens (including phenoxy) is 1. The summed E-state index contributed by atoms with van der Waals surface area (Å²) in [5.41, 5.74) is 4.43. The van der Waals surface area contributed by atoms with Gasteiger partial charge in [0.15, 0.2) is 0 Å². The van der Waals surface area contributed by atoms with Crippen LogP contribution in [0.2, 0.25) is 5.02 Å². The van der Waals surface area contributed by atoms with Gasteiger partial charge >= 0.3 is 0 Å². The molecule has 1 amide bonds. The van der Waals surface area contributed by atoms with Gasteiger partial charge in [0.2, 0.25) is 5.91 Å². The molecule has 4 rings (SSSR count). The monoisotopic (exact) mass is 550 g/mol. The highest BCUT2D eigenvalue weighted by molar-refractivity contribution is 6.30. The lowest BCUT2D eigenvalue weighted by molar-refractivity contribution is -0.159. The van der Waals surface area contributed by atoms with Crippen LogP contribution in [0.5, 0.6) is 5.75 Å². The molecule has 0 saturated heterocycles. The molecule has 0 fully saturated rings. The Labute approximate surface area is 234 Å². The van der Waals surface area contributed by atoms with Crippen LogP contribution in [-0.4, -0.2) is 58.3 Å². The number of nitrogens with one attached hydrogen (secondary N) is 1. The molecular weight excluding hydrogens is 516 g/mol. The quantitative estimate of drug-likeness (QED) is 0.193. The maximum Gasteiger partial charge on any atom is 0.246 e. The molecule has 0 radical (unpaired) electrons. The van der Waals surface area contributed by atoms with Crippen molar-refractivity contribution in [3.8, 4) is 22.7 Å². The first-order valence-electron chi connectivity index (χ1n) is 12.6. The zero-order valence-corrected chi connectivity index (χ0v) is 23.3. The minimum absolute atomic E-state index is 0.0902. The highest BCUT2D eigenvalue weighted by Crippen LogP contribution is 2.27. The van der Waals surface area contributed by atoms with Crippen LogP contribution in [0.1, 0.15) is 30.7 Å². The number of nitrogens with zero attached hydrogens (tertiary/aromatic N) is 3. The van der Waals surface area contributed by atoms with Gasteiger partial charge in [-0.05, 0) is 62.0 Å². The van der Waals surface area contributed by atoms with Crippen molar-refractivity contribution in [2.75, 3.05) is 21.2 Å². The first kappa shape index (κ1) is 29.9. The maximum absolute atomic E-state index is 11.7. The number of aliphatic hydroxyl groups excluding tert-OH is 1. The highest BCUT2D eigenvalue weighted by Gasteiger charge is 2.15. The fourth-order valence-electron chi connectivity index (χ4n) is 3.79. The Morgan fingerprint density at radius 1 is 1.08 bits per heavy atom. The number of hydroxylamine groups is 2. The van der Waals surface area contributed by atoms with Crippen LogP contribution in [0, 0.1) is 0 Å². The number of aromatic nitrogens is 2. The molecule has 0 saturated carbocycles. The Hall–Kier alpha value is -3.69. The lowest BCUT2D eigenvalue weighted by Gasteiger charge is -2.17. The number of hydrogen-bond acceptors (Lipinski definition) is 6. The summed E-state index contributed by atoms with van der Waals surface area (Å²) in [6.45, 7) is 1.96. The predicted molar refractivity (Wildman–Crippen MR) is 153 cm³/mol. The third-order valence-corrected chi connectivity index (χ3v) is 6.49. The topological polar surface area (TPSA) is 99.8 Å². The minimum Gasteiger partial charge on any atom is -0.497 e. The normalized spacial score (nSPS) is 12.2. The molecule has 0 unspecified atom stereocenters. The summed E-state index contributed by atoms with van der Waals surface area (Å²) in [5, 5.41) is 27.9. The molecule has 1 aromatic heterocycles. The van der Waals surface area contributed by atoms with E-state index in [0.717, 1.165) is 34.0 Å². The van der Waals surface area contributed by atoms with E-state index in [1.807, 2.05) is 104 Å². The van der Waals surface area contributed by atoms with E-state index in [-0.39, 0.29) is 18.4 Å². The second-order valence-corrected chi connectivity index (χ2v) is 9.42. The van der Waals surface area contributed by atoms with Crippen LogP contribution in [0.15, 0.2) is 84.9 Å². The molecule has 4 aromatic rings. The van der Waals surface area contributed by atoms with Crippen LogP contribution >= 0.6 is 11.6 Å². The molecule has 206 valence electrons. The lowest BCUT2D eigenvalue weighted by atomic mass is 10.0. The van der Waals surface area contributed by atoms with Gasteiger partial charge in [-0.2, -0.15) is 5.10 Å². The predicted octanol–water partition coefficient (Wildman–Crippen LogP) is 5.31. The van der Waals surface area contributed by atoms with Gasteiger partial charge in [-0.1, -0.05) is 54.1 Å². The number of aliphatic hydroxyl groups is 1. The summed E-state index contributed by atoms with van der Waals surface area (Å²) < 4.78 is 7.04. The second kappa shape index (κ2) is 14.5. The van der Waals surface area contributed by atoms with E-state index < -0.39 is 6.10 Å². The Morgan fingerprint density at radius 2 is 1.72 bits per heavy atom. The van der Waals surface area contributed by atoms with E-state index in [1.54, 1.807) is 7.11 Å². The average molecular weight is 551 g/mol. The molecule has 8 nitrogen and oxygen atoms in total. The fourth-order valence-corrected chi connectivity index (χ4v) is 3.92. The van der Waals surface area contributed by atoms with Crippen molar-refractivity contribution < 1.29 is 19.8 Å². The van der Waals surface area contributed by atoms with E-state index in [0.29, 0.717) is 16.5 Å². The van der Waals surface area contributed by atoms with Crippen LogP contribution in [0.4, 0.5) is 0 Å². The first-order valence-corrected chi connectivity index (χ1v) is 13.0. The van der Waals surface area contributed by atoms with Gasteiger partial charge in [0, 0.05) is 36.5 Å². The molecule has 0 bridgehead atoms. The number of carbonyl (C=O) groups excluding carboxylic acids is 1. The Morgan fingerprint density at radius 3 is 2.28 bits per heavy atom. The maximum atomic E-state index is 11.7. The molecule has 2 atom stereocenters. The molecular formula is C30H35ClN4O4. The highest BCUT2D eigenvalue weighted by atomic mass is 35.5. The van der Waals surface area contributed by atoms with Crippen LogP contribution < -0.4 is 10.1 Å². The van der Waals surface area contributed by atoms with Crippen molar-refractivity contribution in [1.82, 2.24) is 20.2 Å². The molecule has 9 heteroatoms. The lowest BCUT2D eigenvalue weighted by Crippen LogP contribution is -2.28. The molecule has 0 aliphatic heterocycles. The van der Waals surface area contributed by atoms with Crippen molar-refractivity contribution in [2.24, 2.45) is 0 Å². The summed E-state index contributed by atoms with van der Waals surface area (Å²) in [6, 6.07) is 26.8. The van der Waals surface area contributed by atoms with Gasteiger partial charge in [0.05, 0.1) is 30.3 Å². The summed E-state index contributed by atoms with van der Waals surface area (Å²) in [6.07, 6.45) is 0.177. The van der Waals surface area contributed by atoms with Gasteiger partial charge in [0.1, 0.15) is 5.75 Å². The number of amides is 1. The first-order chi connectivity index (χ1) is 18.7. The second-order valence-electron chi connectivity index (χ2n) is 8.99. The van der Waals surface area contributed by atoms with Gasteiger partial charge in [-0.3, -0.25) is 10.0 Å². The molecule has 3 N–H and O–H groups in total. The number of likely N-dealkylation sites (N-methyl/N-ethyl adjacent to an activating group) is 1. The average Bonchev–Trinajstić information content (AvgIpc) is 3.40. The number of benzene rings is 3. The van der Waals surface area contributed by atoms with Crippen molar-refractivity contribution in [2.45, 2.75) is 31.9 Å². The Balaban J connectivity index is 0.000000293. The number of halogens is 1. The zero-order valence-electron chi connectivity index (χ0n) is 22.6. The minimum atomic E-state index is -0.420. The molecule has 3 aromatic carbocycles. The summed E-state index contributed by atoms with van der Waals surface area (Å²) >= 11 is 6.01. The number of rotatable bonds is 9. The van der Waals surface area contributed by atoms with Crippen LogP contribution in [0.25, 0.3) is 16.9 Å². The number of methoxy groups -OCH3 is 1. The van der Waals surface area contributed by atoms with Crippen molar-refractivity contribution >= 4 is 17.5 Å². The molecule has 0 aliphatic rings. The van der Waals surface area contributed by atoms with Gasteiger partial charge in [-0.25, -0.2) is 9.75 Å². The summed E-state index contributed by atoms with van der Waals surface area (Å²) in [5.74, 6) is 0.401. The van der Waals surface area contributed by atoms with Crippen molar-refractivity contribution in [1.29, 1.82) is 0 Å². The smallest absolute Gasteiger partial charge is 0.246 e. The van der Waals surface area contributed by atoms with E-state index in [4.69, 9.17) is 16.3 Å². The van der Waals surface area contributed by atoms with E-state index in [9.17, 15) is 15.1 Å². The van der Waals surface area contributed by atoms with Crippen LogP contribution in [-0.2, 0) is 11.2 Å². The number of aryl methyl sites for hydroxylation is 1. The fraction of sp³-hybridized carbons (Fsp3) is 0.267. The number of carbonyl (C=O) groups is 1. The zero-order chi connectivity index (χ0) is 28.4. The molecule has 0 spiro atoms. The third-order valence-electron chi connectivity index (χ3n) is 6.24. The Bertz CT molecular complexity index is 1310. The van der Waals surface area contributed by atoms with Gasteiger partial charge < -0.3 is 15.2 Å². The molecule has 39 heavy (non-hydrogen) atoms. The van der Waals surface area contributed by atoms with Crippen molar-refractivity contribution in [3.05, 3.63) is 101 Å². The van der Waals surface area contributed by atoms with E-state index in [1.165, 1.54) is 7.05 Å².